The molecule has 112 valence electrons. The third-order valence-corrected chi connectivity index (χ3v) is 3.12. The number of aromatic nitrogens is 1. The van der Waals surface area contributed by atoms with Crippen molar-refractivity contribution in [1.29, 1.82) is 0 Å². The molecule has 0 atom stereocenters. The summed E-state index contributed by atoms with van der Waals surface area (Å²) in [4.78, 5) is 23.5. The number of carbonyl (C=O) groups excluding carboxylic acids is 2. The molecule has 6 heteroatoms. The highest BCUT2D eigenvalue weighted by molar-refractivity contribution is 5.94. The minimum atomic E-state index is -0.483. The van der Waals surface area contributed by atoms with Gasteiger partial charge in [-0.2, -0.15) is 0 Å². The van der Waals surface area contributed by atoms with Crippen LogP contribution in [-0.2, 0) is 20.7 Å². The van der Waals surface area contributed by atoms with Gasteiger partial charge < -0.3 is 14.2 Å². The van der Waals surface area contributed by atoms with Gasteiger partial charge in [-0.15, -0.1) is 0 Å². The Morgan fingerprint density at radius 3 is 2.62 bits per heavy atom. The molecule has 2 aromatic rings. The summed E-state index contributed by atoms with van der Waals surface area (Å²) >= 11 is 0. The summed E-state index contributed by atoms with van der Waals surface area (Å²) in [6.07, 6.45) is 1.19. The predicted molar refractivity (Wildman–Crippen MR) is 76.6 cm³/mol. The summed E-state index contributed by atoms with van der Waals surface area (Å²) in [7, 11) is 2.89. The zero-order chi connectivity index (χ0) is 15.4. The average Bonchev–Trinajstić information content (AvgIpc) is 2.85. The van der Waals surface area contributed by atoms with E-state index in [0.29, 0.717) is 16.8 Å². The molecule has 1 heterocycles. The maximum absolute atomic E-state index is 12.0. The maximum Gasteiger partial charge on any atom is 0.418 e. The van der Waals surface area contributed by atoms with Crippen molar-refractivity contribution in [2.75, 3.05) is 20.8 Å². The van der Waals surface area contributed by atoms with E-state index in [4.69, 9.17) is 9.47 Å². The lowest BCUT2D eigenvalue weighted by Crippen LogP contribution is -2.12. The SMILES string of the molecule is CCOC(=O)n1cc(CC(=O)OC)c2cc(OC)ccc21. The first kappa shape index (κ1) is 14.9. The highest BCUT2D eigenvalue weighted by atomic mass is 16.5. The lowest BCUT2D eigenvalue weighted by molar-refractivity contribution is -0.139. The Balaban J connectivity index is 2.55. The van der Waals surface area contributed by atoms with Crippen LogP contribution in [0, 0.1) is 0 Å². The third kappa shape index (κ3) is 2.99. The molecule has 0 radical (unpaired) electrons. The number of carbonyl (C=O) groups is 2. The van der Waals surface area contributed by atoms with Crippen LogP contribution < -0.4 is 4.74 Å². The molecule has 21 heavy (non-hydrogen) atoms. The molecule has 0 fully saturated rings. The van der Waals surface area contributed by atoms with Crippen LogP contribution in [0.4, 0.5) is 4.79 Å². The molecule has 6 nitrogen and oxygen atoms in total. The fraction of sp³-hybridized carbons (Fsp3) is 0.333. The summed E-state index contributed by atoms with van der Waals surface area (Å²) in [5.74, 6) is 0.274. The van der Waals surface area contributed by atoms with E-state index in [1.54, 1.807) is 38.4 Å². The van der Waals surface area contributed by atoms with Gasteiger partial charge in [0.1, 0.15) is 5.75 Å². The van der Waals surface area contributed by atoms with Crippen molar-refractivity contribution >= 4 is 23.0 Å². The quantitative estimate of drug-likeness (QED) is 0.809. The molecule has 0 spiro atoms. The van der Waals surface area contributed by atoms with Crippen molar-refractivity contribution in [1.82, 2.24) is 4.57 Å². The summed E-state index contributed by atoms with van der Waals surface area (Å²) in [6.45, 7) is 2.02. The van der Waals surface area contributed by atoms with Gasteiger partial charge in [0.25, 0.3) is 0 Å². The van der Waals surface area contributed by atoms with Gasteiger partial charge in [-0.05, 0) is 30.7 Å². The molecule has 0 bridgehead atoms. The van der Waals surface area contributed by atoms with Crippen LogP contribution in [0.1, 0.15) is 12.5 Å². The highest BCUT2D eigenvalue weighted by Gasteiger charge is 2.17. The summed E-state index contributed by atoms with van der Waals surface area (Å²) in [5, 5.41) is 0.757. The molecule has 0 saturated heterocycles. The molecule has 0 amide bonds. The minimum Gasteiger partial charge on any atom is -0.497 e. The van der Waals surface area contributed by atoms with Crippen LogP contribution in [0.3, 0.4) is 0 Å². The average molecular weight is 291 g/mol. The fourth-order valence-electron chi connectivity index (χ4n) is 2.12. The van der Waals surface area contributed by atoms with Gasteiger partial charge in [0, 0.05) is 11.6 Å². The van der Waals surface area contributed by atoms with Crippen molar-refractivity contribution in [2.24, 2.45) is 0 Å². The zero-order valence-corrected chi connectivity index (χ0v) is 12.2. The maximum atomic E-state index is 12.0. The van der Waals surface area contributed by atoms with Crippen LogP contribution in [0.25, 0.3) is 10.9 Å². The Labute approximate surface area is 122 Å². The molecule has 0 saturated carbocycles. The molecule has 0 aliphatic rings. The van der Waals surface area contributed by atoms with Crippen molar-refractivity contribution < 1.29 is 23.8 Å². The molecular weight excluding hydrogens is 274 g/mol. The molecular formula is C15H17NO5. The Morgan fingerprint density at radius 2 is 2.00 bits per heavy atom. The van der Waals surface area contributed by atoms with Crippen molar-refractivity contribution in [2.45, 2.75) is 13.3 Å². The van der Waals surface area contributed by atoms with E-state index in [9.17, 15) is 9.59 Å². The molecule has 0 aliphatic carbocycles. The standard InChI is InChI=1S/C15H17NO5/c1-4-21-15(18)16-9-10(7-14(17)20-3)12-8-11(19-2)5-6-13(12)16/h5-6,8-9H,4,7H2,1-3H3. The van der Waals surface area contributed by atoms with Crippen LogP contribution in [0.2, 0.25) is 0 Å². The highest BCUT2D eigenvalue weighted by Crippen LogP contribution is 2.27. The molecule has 2 rings (SSSR count). The van der Waals surface area contributed by atoms with Crippen molar-refractivity contribution in [3.63, 3.8) is 0 Å². The first-order valence-electron chi connectivity index (χ1n) is 6.52. The first-order valence-corrected chi connectivity index (χ1v) is 6.52. The predicted octanol–water partition coefficient (Wildman–Crippen LogP) is 2.37. The second kappa shape index (κ2) is 6.30. The number of fused-ring (bicyclic) bond motifs is 1. The van der Waals surface area contributed by atoms with E-state index in [2.05, 4.69) is 4.74 Å². The number of ether oxygens (including phenoxy) is 3. The molecule has 1 aromatic heterocycles. The van der Waals surface area contributed by atoms with Gasteiger partial charge in [0.05, 0.1) is 32.8 Å². The lowest BCUT2D eigenvalue weighted by Gasteiger charge is -2.04. The van der Waals surface area contributed by atoms with Gasteiger partial charge in [0.15, 0.2) is 0 Å². The second-order valence-corrected chi connectivity index (χ2v) is 4.36. The molecule has 0 N–H and O–H groups in total. The van der Waals surface area contributed by atoms with E-state index in [1.165, 1.54) is 11.7 Å². The Hall–Kier alpha value is -2.50. The van der Waals surface area contributed by atoms with E-state index in [1.807, 2.05) is 0 Å². The van der Waals surface area contributed by atoms with Gasteiger partial charge in [-0.25, -0.2) is 4.79 Å². The number of nitrogens with zero attached hydrogens (tertiary/aromatic N) is 1. The van der Waals surface area contributed by atoms with Gasteiger partial charge in [0.2, 0.25) is 0 Å². The number of esters is 1. The van der Waals surface area contributed by atoms with Crippen molar-refractivity contribution in [3.8, 4) is 5.75 Å². The van der Waals surface area contributed by atoms with E-state index in [0.717, 1.165) is 5.39 Å². The summed E-state index contributed by atoms with van der Waals surface area (Å²) in [5.41, 5.74) is 1.34. The summed E-state index contributed by atoms with van der Waals surface area (Å²) < 4.78 is 16.3. The number of benzene rings is 1. The van der Waals surface area contributed by atoms with Crippen LogP contribution in [-0.4, -0.2) is 37.5 Å². The topological polar surface area (TPSA) is 66.8 Å². The number of hydrogen-bond acceptors (Lipinski definition) is 5. The third-order valence-electron chi connectivity index (χ3n) is 3.12. The van der Waals surface area contributed by atoms with E-state index in [-0.39, 0.29) is 19.0 Å². The smallest absolute Gasteiger partial charge is 0.418 e. The Kier molecular flexibility index (Phi) is 4.47. The van der Waals surface area contributed by atoms with Crippen LogP contribution >= 0.6 is 0 Å². The molecule has 0 aliphatic heterocycles. The Morgan fingerprint density at radius 1 is 1.24 bits per heavy atom. The zero-order valence-electron chi connectivity index (χ0n) is 12.2. The Bertz CT molecular complexity index is 674. The molecule has 1 aromatic carbocycles. The van der Waals surface area contributed by atoms with Gasteiger partial charge in [-0.1, -0.05) is 0 Å². The normalized spacial score (nSPS) is 10.4. The number of hydrogen-bond donors (Lipinski definition) is 0. The van der Waals surface area contributed by atoms with Crippen molar-refractivity contribution in [3.05, 3.63) is 30.0 Å². The number of rotatable bonds is 4. The fourth-order valence-corrected chi connectivity index (χ4v) is 2.12. The lowest BCUT2D eigenvalue weighted by atomic mass is 10.1. The molecule has 0 unspecified atom stereocenters. The first-order chi connectivity index (χ1) is 10.1. The van der Waals surface area contributed by atoms with E-state index < -0.39 is 6.09 Å². The van der Waals surface area contributed by atoms with E-state index >= 15 is 0 Å². The van der Waals surface area contributed by atoms with Gasteiger partial charge >= 0.3 is 12.1 Å². The van der Waals surface area contributed by atoms with Crippen LogP contribution in [0.5, 0.6) is 5.75 Å². The minimum absolute atomic E-state index is 0.0760. The van der Waals surface area contributed by atoms with Gasteiger partial charge in [-0.3, -0.25) is 9.36 Å². The number of methoxy groups -OCH3 is 2. The van der Waals surface area contributed by atoms with Crippen LogP contribution in [0.15, 0.2) is 24.4 Å². The largest absolute Gasteiger partial charge is 0.497 e. The second-order valence-electron chi connectivity index (χ2n) is 4.36. The monoisotopic (exact) mass is 291 g/mol. The summed E-state index contributed by atoms with van der Waals surface area (Å²) in [6, 6.07) is 5.29.